The van der Waals surface area contributed by atoms with Crippen LogP contribution in [-0.2, 0) is 25.5 Å². The smallest absolute Gasteiger partial charge is 0.313 e. The minimum atomic E-state index is -0.683. The molecule has 8 heteroatoms. The number of hydrogen-bond donors (Lipinski definition) is 3. The van der Waals surface area contributed by atoms with E-state index in [4.69, 9.17) is 4.74 Å². The number of anilines is 2. The van der Waals surface area contributed by atoms with E-state index in [0.717, 1.165) is 69.8 Å². The number of amides is 3. The summed E-state index contributed by atoms with van der Waals surface area (Å²) in [4.78, 5) is 40.2. The number of rotatable bonds is 5. The predicted octanol–water partition coefficient (Wildman–Crippen LogP) is -0.654. The van der Waals surface area contributed by atoms with Crippen LogP contribution in [0, 0.1) is 5.92 Å². The molecule has 3 aliphatic rings. The van der Waals surface area contributed by atoms with E-state index in [-0.39, 0.29) is 11.8 Å². The molecule has 0 aromatic heterocycles. The Morgan fingerprint density at radius 1 is 1.14 bits per heavy atom. The van der Waals surface area contributed by atoms with Gasteiger partial charge in [0.2, 0.25) is 5.91 Å². The van der Waals surface area contributed by atoms with Crippen LogP contribution in [0.3, 0.4) is 0 Å². The number of carbonyl (C=O) groups is 3. The monoisotopic (exact) mass is 401 g/mol. The molecule has 1 saturated carbocycles. The maximum atomic E-state index is 12.6. The van der Waals surface area contributed by atoms with E-state index in [1.807, 2.05) is 17.0 Å². The molecule has 1 saturated heterocycles. The zero-order valence-electron chi connectivity index (χ0n) is 16.7. The van der Waals surface area contributed by atoms with Gasteiger partial charge in [0, 0.05) is 23.8 Å². The normalized spacial score (nSPS) is 19.4. The largest absolute Gasteiger partial charge is 0.370 e. The van der Waals surface area contributed by atoms with Crippen molar-refractivity contribution in [3.05, 3.63) is 23.8 Å². The SMILES string of the molecule is O=C(NCC[NH+]1CCOCC1)C(=O)Nc1ccc2c(c1)N(C(=O)C1CC1)CCC2. The Kier molecular flexibility index (Phi) is 6.10. The van der Waals surface area contributed by atoms with Gasteiger partial charge in [0.25, 0.3) is 0 Å². The topological polar surface area (TPSA) is 92.2 Å². The highest BCUT2D eigenvalue weighted by molar-refractivity contribution is 6.39. The Morgan fingerprint density at radius 3 is 2.69 bits per heavy atom. The maximum absolute atomic E-state index is 12.6. The van der Waals surface area contributed by atoms with Crippen molar-refractivity contribution in [3.8, 4) is 0 Å². The van der Waals surface area contributed by atoms with E-state index in [1.165, 1.54) is 4.90 Å². The number of carbonyl (C=O) groups excluding carboxylic acids is 3. The van der Waals surface area contributed by atoms with Gasteiger partial charge in [0.1, 0.15) is 13.1 Å². The van der Waals surface area contributed by atoms with Crippen LogP contribution in [0.15, 0.2) is 18.2 Å². The van der Waals surface area contributed by atoms with Crippen LogP contribution in [0.2, 0.25) is 0 Å². The summed E-state index contributed by atoms with van der Waals surface area (Å²) in [6, 6.07) is 5.56. The van der Waals surface area contributed by atoms with Crippen molar-refractivity contribution in [2.24, 2.45) is 5.92 Å². The highest BCUT2D eigenvalue weighted by Gasteiger charge is 2.35. The minimum Gasteiger partial charge on any atom is -0.370 e. The molecular formula is C21H29N4O4+. The average Bonchev–Trinajstić information content (AvgIpc) is 3.59. The Morgan fingerprint density at radius 2 is 1.93 bits per heavy atom. The van der Waals surface area contributed by atoms with Crippen molar-refractivity contribution < 1.29 is 24.0 Å². The number of quaternary nitrogens is 1. The fourth-order valence-electron chi connectivity index (χ4n) is 3.96. The van der Waals surface area contributed by atoms with Crippen LogP contribution in [0.1, 0.15) is 24.8 Å². The van der Waals surface area contributed by atoms with Gasteiger partial charge in [-0.3, -0.25) is 14.4 Å². The van der Waals surface area contributed by atoms with Gasteiger partial charge in [-0.1, -0.05) is 6.07 Å². The highest BCUT2D eigenvalue weighted by Crippen LogP contribution is 2.36. The highest BCUT2D eigenvalue weighted by atomic mass is 16.5. The molecule has 0 bridgehead atoms. The third kappa shape index (κ3) is 4.94. The quantitative estimate of drug-likeness (QED) is 0.572. The number of benzene rings is 1. The standard InChI is InChI=1S/C21H28N4O4/c26-19(22-7-9-24-10-12-29-13-11-24)20(27)23-17-6-5-15-2-1-8-25(18(15)14-17)21(28)16-3-4-16/h5-6,14,16H,1-4,7-13H2,(H,22,26)(H,23,27)/p+1. The van der Waals surface area contributed by atoms with E-state index < -0.39 is 11.8 Å². The van der Waals surface area contributed by atoms with Crippen molar-refractivity contribution >= 4 is 29.1 Å². The number of ether oxygens (including phenoxy) is 1. The molecule has 2 fully saturated rings. The number of nitrogens with one attached hydrogen (secondary N) is 3. The summed E-state index contributed by atoms with van der Waals surface area (Å²) < 4.78 is 5.31. The lowest BCUT2D eigenvalue weighted by atomic mass is 10.0. The molecule has 2 heterocycles. The lowest BCUT2D eigenvalue weighted by molar-refractivity contribution is -0.906. The molecular weight excluding hydrogens is 372 g/mol. The molecule has 29 heavy (non-hydrogen) atoms. The van der Waals surface area contributed by atoms with Crippen molar-refractivity contribution in [3.63, 3.8) is 0 Å². The van der Waals surface area contributed by atoms with Crippen LogP contribution in [0.25, 0.3) is 0 Å². The van der Waals surface area contributed by atoms with E-state index in [0.29, 0.717) is 18.8 Å². The van der Waals surface area contributed by atoms with Crippen LogP contribution in [0.4, 0.5) is 11.4 Å². The fraction of sp³-hybridized carbons (Fsp3) is 0.571. The Balaban J connectivity index is 1.32. The molecule has 3 amide bonds. The predicted molar refractivity (Wildman–Crippen MR) is 108 cm³/mol. The number of aryl methyl sites for hydroxylation is 1. The molecule has 3 N–H and O–H groups in total. The van der Waals surface area contributed by atoms with Gasteiger partial charge in [-0.25, -0.2) is 0 Å². The summed E-state index contributed by atoms with van der Waals surface area (Å²) >= 11 is 0. The zero-order valence-corrected chi connectivity index (χ0v) is 16.7. The lowest BCUT2D eigenvalue weighted by Gasteiger charge is -2.30. The fourth-order valence-corrected chi connectivity index (χ4v) is 3.96. The summed E-state index contributed by atoms with van der Waals surface area (Å²) in [6.45, 7) is 5.27. The molecule has 2 aliphatic heterocycles. The molecule has 8 nitrogen and oxygen atoms in total. The van der Waals surface area contributed by atoms with Gasteiger partial charge in [-0.15, -0.1) is 0 Å². The van der Waals surface area contributed by atoms with Crippen LogP contribution in [-0.4, -0.2) is 63.7 Å². The first-order valence-corrected chi connectivity index (χ1v) is 10.6. The molecule has 156 valence electrons. The van der Waals surface area contributed by atoms with Crippen LogP contribution in [0.5, 0.6) is 0 Å². The number of fused-ring (bicyclic) bond motifs is 1. The van der Waals surface area contributed by atoms with Crippen molar-refractivity contribution in [2.45, 2.75) is 25.7 Å². The van der Waals surface area contributed by atoms with E-state index in [9.17, 15) is 14.4 Å². The summed E-state index contributed by atoms with van der Waals surface area (Å²) in [7, 11) is 0. The first-order chi connectivity index (χ1) is 14.1. The Hall–Kier alpha value is -2.45. The second-order valence-corrected chi connectivity index (χ2v) is 8.03. The second kappa shape index (κ2) is 8.92. The molecule has 0 spiro atoms. The van der Waals surface area contributed by atoms with E-state index >= 15 is 0 Å². The number of nitrogens with zero attached hydrogens (tertiary/aromatic N) is 1. The summed E-state index contributed by atoms with van der Waals surface area (Å²) in [5, 5.41) is 5.35. The van der Waals surface area contributed by atoms with E-state index in [2.05, 4.69) is 10.6 Å². The lowest BCUT2D eigenvalue weighted by Crippen LogP contribution is -3.14. The van der Waals surface area contributed by atoms with E-state index in [1.54, 1.807) is 6.07 Å². The molecule has 0 unspecified atom stereocenters. The molecule has 1 aromatic carbocycles. The summed E-state index contributed by atoms with van der Waals surface area (Å²) in [5.41, 5.74) is 2.52. The van der Waals surface area contributed by atoms with Crippen molar-refractivity contribution in [2.75, 3.05) is 56.2 Å². The molecule has 1 aliphatic carbocycles. The van der Waals surface area contributed by atoms with Crippen molar-refractivity contribution in [1.29, 1.82) is 0 Å². The van der Waals surface area contributed by atoms with Crippen LogP contribution < -0.4 is 20.4 Å². The van der Waals surface area contributed by atoms with Gasteiger partial charge in [-0.2, -0.15) is 0 Å². The van der Waals surface area contributed by atoms with Gasteiger partial charge in [0.15, 0.2) is 0 Å². The van der Waals surface area contributed by atoms with Crippen molar-refractivity contribution in [1.82, 2.24) is 5.32 Å². The zero-order chi connectivity index (χ0) is 20.2. The summed E-state index contributed by atoms with van der Waals surface area (Å²) in [5.74, 6) is -0.990. The third-order valence-electron chi connectivity index (χ3n) is 5.82. The van der Waals surface area contributed by atoms with Crippen LogP contribution >= 0.6 is 0 Å². The summed E-state index contributed by atoms with van der Waals surface area (Å²) in [6.07, 6.45) is 3.80. The number of hydrogen-bond acceptors (Lipinski definition) is 4. The maximum Gasteiger partial charge on any atom is 0.313 e. The molecule has 0 atom stereocenters. The first kappa shape index (κ1) is 19.8. The molecule has 4 rings (SSSR count). The second-order valence-electron chi connectivity index (χ2n) is 8.03. The Bertz CT molecular complexity index is 787. The third-order valence-corrected chi connectivity index (χ3v) is 5.82. The molecule has 0 radical (unpaired) electrons. The average molecular weight is 401 g/mol. The molecule has 1 aromatic rings. The van der Waals surface area contributed by atoms with Gasteiger partial charge < -0.3 is 25.2 Å². The van der Waals surface area contributed by atoms with Gasteiger partial charge >= 0.3 is 11.8 Å². The Labute approximate surface area is 170 Å². The first-order valence-electron chi connectivity index (χ1n) is 10.6. The van der Waals surface area contributed by atoms with Gasteiger partial charge in [0.05, 0.1) is 26.3 Å². The number of morpholine rings is 1. The minimum absolute atomic E-state index is 0.151. The van der Waals surface area contributed by atoms with Gasteiger partial charge in [-0.05, 0) is 43.4 Å².